The molecule has 5 heteroatoms. The van der Waals surface area contributed by atoms with Crippen LogP contribution in [0.2, 0.25) is 0 Å². The second-order valence-corrected chi connectivity index (χ2v) is 2.76. The number of rotatable bonds is 1. The van der Waals surface area contributed by atoms with Gasteiger partial charge in [0.2, 0.25) is 0 Å². The highest BCUT2D eigenvalue weighted by Gasteiger charge is 2.15. The molecular weight excluding hydrogens is 171 g/mol. The van der Waals surface area contributed by atoms with E-state index in [0.29, 0.717) is 11.3 Å². The first-order valence-corrected chi connectivity index (χ1v) is 3.53. The molecule has 0 fully saturated rings. The van der Waals surface area contributed by atoms with Gasteiger partial charge in [-0.1, -0.05) is 11.3 Å². The Morgan fingerprint density at radius 2 is 2.45 bits per heavy atom. The van der Waals surface area contributed by atoms with Crippen molar-refractivity contribution >= 4 is 17.3 Å². The van der Waals surface area contributed by atoms with Crippen molar-refractivity contribution in [1.29, 1.82) is 0 Å². The van der Waals surface area contributed by atoms with Crippen molar-refractivity contribution in [2.75, 3.05) is 7.11 Å². The second-order valence-electron chi connectivity index (χ2n) is 1.76. The van der Waals surface area contributed by atoms with Gasteiger partial charge in [-0.25, -0.2) is 4.79 Å². The highest BCUT2D eigenvalue weighted by Crippen LogP contribution is 2.27. The van der Waals surface area contributed by atoms with Gasteiger partial charge in [-0.3, -0.25) is 0 Å². The van der Waals surface area contributed by atoms with E-state index in [9.17, 15) is 9.18 Å². The van der Waals surface area contributed by atoms with Crippen LogP contribution >= 0.6 is 11.3 Å². The molecule has 0 amide bonds. The Balaban J connectivity index is 3.03. The number of aromatic hydroxyl groups is 1. The summed E-state index contributed by atoms with van der Waals surface area (Å²) in [6.07, 6.45) is 0. The van der Waals surface area contributed by atoms with Gasteiger partial charge in [0.1, 0.15) is 5.75 Å². The number of esters is 1. The van der Waals surface area contributed by atoms with Crippen molar-refractivity contribution in [3.8, 4) is 5.75 Å². The van der Waals surface area contributed by atoms with Gasteiger partial charge in [-0.05, 0) is 0 Å². The quantitative estimate of drug-likeness (QED) is 0.657. The highest BCUT2D eigenvalue weighted by atomic mass is 32.1. The highest BCUT2D eigenvalue weighted by molar-refractivity contribution is 7.12. The Bertz CT molecular complexity index is 281. The van der Waals surface area contributed by atoms with Gasteiger partial charge in [0.25, 0.3) is 0 Å². The molecule has 3 nitrogen and oxygen atoms in total. The zero-order valence-corrected chi connectivity index (χ0v) is 6.44. The lowest BCUT2D eigenvalue weighted by molar-refractivity contribution is 0.0603. The molecule has 0 aliphatic carbocycles. The lowest BCUT2D eigenvalue weighted by atomic mass is 10.4. The second kappa shape index (κ2) is 2.87. The summed E-state index contributed by atoms with van der Waals surface area (Å²) >= 11 is 0.556. The van der Waals surface area contributed by atoms with Crippen molar-refractivity contribution in [2.24, 2.45) is 0 Å². The zero-order valence-electron chi connectivity index (χ0n) is 5.63. The molecule has 0 saturated heterocycles. The van der Waals surface area contributed by atoms with Crippen molar-refractivity contribution < 1.29 is 19.0 Å². The maximum atomic E-state index is 12.3. The van der Waals surface area contributed by atoms with E-state index in [-0.39, 0.29) is 10.6 Å². The first kappa shape index (κ1) is 8.00. The molecule has 0 radical (unpaired) electrons. The van der Waals surface area contributed by atoms with E-state index < -0.39 is 11.1 Å². The molecule has 60 valence electrons. The number of hydrogen-bond acceptors (Lipinski definition) is 4. The molecule has 1 rings (SSSR count). The van der Waals surface area contributed by atoms with Gasteiger partial charge >= 0.3 is 5.97 Å². The maximum absolute atomic E-state index is 12.3. The van der Waals surface area contributed by atoms with Crippen LogP contribution in [0.25, 0.3) is 0 Å². The standard InChI is InChI=1S/C6H5FO3S/c1-10-6(9)5-3(8)2-4(7)11-5/h2,8H,1H3. The molecule has 0 aliphatic heterocycles. The Hall–Kier alpha value is -1.10. The number of hydrogen-bond donors (Lipinski definition) is 1. The van der Waals surface area contributed by atoms with Crippen LogP contribution in [0.4, 0.5) is 4.39 Å². The van der Waals surface area contributed by atoms with Crippen LogP contribution < -0.4 is 0 Å². The van der Waals surface area contributed by atoms with Crippen LogP contribution in [0, 0.1) is 5.13 Å². The minimum absolute atomic E-state index is 0.106. The van der Waals surface area contributed by atoms with E-state index in [1.165, 1.54) is 7.11 Å². The summed E-state index contributed by atoms with van der Waals surface area (Å²) in [5, 5.41) is 8.29. The molecule has 1 N–H and O–H groups in total. The summed E-state index contributed by atoms with van der Waals surface area (Å²) in [5.74, 6) is -1.10. The summed E-state index contributed by atoms with van der Waals surface area (Å²) in [4.78, 5) is 10.6. The van der Waals surface area contributed by atoms with Gasteiger partial charge in [-0.15, -0.1) is 0 Å². The molecule has 0 saturated carbocycles. The third kappa shape index (κ3) is 1.48. The fourth-order valence-corrected chi connectivity index (χ4v) is 1.29. The number of carbonyl (C=O) groups excluding carboxylic acids is 1. The lowest BCUT2D eigenvalue weighted by Crippen LogP contribution is -1.97. The molecule has 0 aliphatic rings. The molecule has 0 spiro atoms. The average Bonchev–Trinajstić information content (AvgIpc) is 2.28. The largest absolute Gasteiger partial charge is 0.506 e. The Kier molecular flexibility index (Phi) is 2.09. The summed E-state index contributed by atoms with van der Waals surface area (Å²) in [7, 11) is 1.17. The number of methoxy groups -OCH3 is 1. The van der Waals surface area contributed by atoms with Crippen molar-refractivity contribution in [1.82, 2.24) is 0 Å². The molecule has 1 aromatic heterocycles. The fourth-order valence-electron chi connectivity index (χ4n) is 0.591. The third-order valence-electron chi connectivity index (χ3n) is 1.05. The van der Waals surface area contributed by atoms with Gasteiger partial charge < -0.3 is 9.84 Å². The molecule has 0 unspecified atom stereocenters. The number of thiophene rings is 1. The van der Waals surface area contributed by atoms with Crippen LogP contribution in [-0.4, -0.2) is 18.2 Å². The topological polar surface area (TPSA) is 46.5 Å². The molecule has 11 heavy (non-hydrogen) atoms. The molecule has 0 aromatic carbocycles. The Labute approximate surface area is 66.0 Å². The maximum Gasteiger partial charge on any atom is 0.351 e. The van der Waals surface area contributed by atoms with Gasteiger partial charge in [-0.2, -0.15) is 4.39 Å². The Morgan fingerprint density at radius 1 is 1.82 bits per heavy atom. The molecule has 0 atom stereocenters. The van der Waals surface area contributed by atoms with E-state index in [1.807, 2.05) is 0 Å². The smallest absolute Gasteiger partial charge is 0.351 e. The Morgan fingerprint density at radius 3 is 2.82 bits per heavy atom. The molecular formula is C6H5FO3S. The minimum atomic E-state index is -0.726. The summed E-state index contributed by atoms with van der Waals surface area (Å²) in [6.45, 7) is 0. The van der Waals surface area contributed by atoms with Gasteiger partial charge in [0, 0.05) is 6.07 Å². The van der Waals surface area contributed by atoms with Crippen LogP contribution in [0.3, 0.4) is 0 Å². The monoisotopic (exact) mass is 176 g/mol. The summed E-state index contributed by atoms with van der Waals surface area (Å²) < 4.78 is 16.6. The SMILES string of the molecule is COC(=O)c1sc(F)cc1O. The van der Waals surface area contributed by atoms with Gasteiger partial charge in [0.15, 0.2) is 10.0 Å². The predicted octanol–water partition coefficient (Wildman–Crippen LogP) is 1.38. The summed E-state index contributed by atoms with van der Waals surface area (Å²) in [5.41, 5.74) is 0. The van der Waals surface area contributed by atoms with E-state index >= 15 is 0 Å². The van der Waals surface area contributed by atoms with Crippen LogP contribution in [-0.2, 0) is 4.74 Å². The minimum Gasteiger partial charge on any atom is -0.506 e. The first-order chi connectivity index (χ1) is 5.15. The average molecular weight is 176 g/mol. The van der Waals surface area contributed by atoms with Crippen LogP contribution in [0.15, 0.2) is 6.07 Å². The third-order valence-corrected chi connectivity index (χ3v) is 1.95. The fraction of sp³-hybridized carbons (Fsp3) is 0.167. The first-order valence-electron chi connectivity index (χ1n) is 2.71. The number of carbonyl (C=O) groups is 1. The van der Waals surface area contributed by atoms with Crippen molar-refractivity contribution in [3.63, 3.8) is 0 Å². The van der Waals surface area contributed by atoms with Crippen molar-refractivity contribution in [3.05, 3.63) is 16.1 Å². The van der Waals surface area contributed by atoms with E-state index in [2.05, 4.69) is 4.74 Å². The molecule has 0 bridgehead atoms. The van der Waals surface area contributed by atoms with Crippen molar-refractivity contribution in [2.45, 2.75) is 0 Å². The van der Waals surface area contributed by atoms with E-state index in [0.717, 1.165) is 6.07 Å². The van der Waals surface area contributed by atoms with Crippen LogP contribution in [0.1, 0.15) is 9.67 Å². The number of halogens is 1. The van der Waals surface area contributed by atoms with Crippen LogP contribution in [0.5, 0.6) is 5.75 Å². The lowest BCUT2D eigenvalue weighted by Gasteiger charge is -1.93. The predicted molar refractivity (Wildman–Crippen MR) is 37.3 cm³/mol. The molecule has 1 heterocycles. The summed E-state index contributed by atoms with van der Waals surface area (Å²) in [6, 6.07) is 0.872. The van der Waals surface area contributed by atoms with Gasteiger partial charge in [0.05, 0.1) is 7.11 Å². The number of ether oxygens (including phenoxy) is 1. The van der Waals surface area contributed by atoms with E-state index in [1.54, 1.807) is 0 Å². The zero-order chi connectivity index (χ0) is 8.43. The van der Waals surface area contributed by atoms with E-state index in [4.69, 9.17) is 5.11 Å². The normalized spacial score (nSPS) is 9.64. The molecule has 1 aromatic rings.